The number of aryl methyl sites for hydroxylation is 2. The van der Waals surface area contributed by atoms with Gasteiger partial charge in [-0.05, 0) is 70.5 Å². The summed E-state index contributed by atoms with van der Waals surface area (Å²) in [6.45, 7) is 9.26. The summed E-state index contributed by atoms with van der Waals surface area (Å²) in [6.07, 6.45) is -4.37. The lowest BCUT2D eigenvalue weighted by molar-refractivity contribution is -0.158. The van der Waals surface area contributed by atoms with Crippen molar-refractivity contribution in [2.75, 3.05) is 6.61 Å². The molecule has 3 rings (SSSR count). The van der Waals surface area contributed by atoms with Gasteiger partial charge >= 0.3 is 12.1 Å². The van der Waals surface area contributed by atoms with Crippen LogP contribution in [0.1, 0.15) is 42.5 Å². The molecule has 0 fully saturated rings. The molecule has 34 heavy (non-hydrogen) atoms. The average molecular weight is 494 g/mol. The zero-order valence-corrected chi connectivity index (χ0v) is 20.4. The highest BCUT2D eigenvalue weighted by Gasteiger charge is 2.32. The van der Waals surface area contributed by atoms with Gasteiger partial charge in [0.2, 0.25) is 0 Å². The molecule has 0 amide bonds. The minimum absolute atomic E-state index is 0.262. The van der Waals surface area contributed by atoms with Crippen LogP contribution in [0.25, 0.3) is 10.6 Å². The van der Waals surface area contributed by atoms with Gasteiger partial charge in [-0.25, -0.2) is 9.78 Å². The Kier molecular flexibility index (Phi) is 7.55. The molecular formula is C25H26F3NO4S. The van der Waals surface area contributed by atoms with E-state index in [9.17, 15) is 18.0 Å². The summed E-state index contributed by atoms with van der Waals surface area (Å²) in [4.78, 5) is 17.4. The standard InChI is InChI=1S/C25H26F3NO4S/c1-6-31-23(30)24(4,5)33-20-12-11-19(13-15(20)2)32-14-21-16(3)29-22(34-21)17-7-9-18(10-8-17)25(26,27)28/h7-13H,6,14H2,1-5H3. The number of carbonyl (C=O) groups is 1. The van der Waals surface area contributed by atoms with Crippen molar-refractivity contribution in [2.24, 2.45) is 0 Å². The molecule has 0 radical (unpaired) electrons. The van der Waals surface area contributed by atoms with Crippen molar-refractivity contribution in [3.8, 4) is 22.1 Å². The van der Waals surface area contributed by atoms with E-state index >= 15 is 0 Å². The minimum atomic E-state index is -4.37. The number of hydrogen-bond donors (Lipinski definition) is 0. The van der Waals surface area contributed by atoms with Gasteiger partial charge in [-0.15, -0.1) is 11.3 Å². The molecule has 0 spiro atoms. The molecule has 1 aromatic heterocycles. The highest BCUT2D eigenvalue weighted by molar-refractivity contribution is 7.15. The van der Waals surface area contributed by atoms with E-state index < -0.39 is 23.3 Å². The van der Waals surface area contributed by atoms with E-state index in [1.807, 2.05) is 19.9 Å². The fraction of sp³-hybridized carbons (Fsp3) is 0.360. The zero-order chi connectivity index (χ0) is 25.1. The number of ether oxygens (including phenoxy) is 3. The van der Waals surface area contributed by atoms with Gasteiger partial charge in [0.05, 0.1) is 22.7 Å². The Labute approximate surface area is 200 Å². The topological polar surface area (TPSA) is 57.7 Å². The summed E-state index contributed by atoms with van der Waals surface area (Å²) in [7, 11) is 0. The Morgan fingerprint density at radius 3 is 2.32 bits per heavy atom. The maximum Gasteiger partial charge on any atom is 0.416 e. The summed E-state index contributed by atoms with van der Waals surface area (Å²) in [5.41, 5.74) is 0.349. The smallest absolute Gasteiger partial charge is 0.416 e. The molecule has 0 bridgehead atoms. The van der Waals surface area contributed by atoms with Crippen LogP contribution in [0.2, 0.25) is 0 Å². The Morgan fingerprint density at radius 2 is 1.74 bits per heavy atom. The highest BCUT2D eigenvalue weighted by Crippen LogP contribution is 2.34. The summed E-state index contributed by atoms with van der Waals surface area (Å²) in [6, 6.07) is 10.2. The van der Waals surface area contributed by atoms with E-state index in [1.165, 1.54) is 23.5 Å². The number of nitrogens with zero attached hydrogens (tertiary/aromatic N) is 1. The Morgan fingerprint density at radius 1 is 1.06 bits per heavy atom. The molecule has 5 nitrogen and oxygen atoms in total. The maximum absolute atomic E-state index is 12.8. The number of thiazole rings is 1. The predicted molar refractivity (Wildman–Crippen MR) is 124 cm³/mol. The monoisotopic (exact) mass is 493 g/mol. The van der Waals surface area contributed by atoms with Crippen molar-refractivity contribution in [2.45, 2.75) is 53.0 Å². The lowest BCUT2D eigenvalue weighted by Gasteiger charge is -2.25. The molecule has 182 valence electrons. The zero-order valence-electron chi connectivity index (χ0n) is 19.6. The van der Waals surface area contributed by atoms with Crippen LogP contribution in [0.3, 0.4) is 0 Å². The van der Waals surface area contributed by atoms with Crippen LogP contribution in [-0.2, 0) is 22.3 Å². The van der Waals surface area contributed by atoms with Crippen LogP contribution in [0, 0.1) is 13.8 Å². The van der Waals surface area contributed by atoms with Crippen LogP contribution >= 0.6 is 11.3 Å². The van der Waals surface area contributed by atoms with E-state index in [1.54, 1.807) is 32.9 Å². The van der Waals surface area contributed by atoms with E-state index in [0.29, 0.717) is 22.1 Å². The van der Waals surface area contributed by atoms with Gasteiger partial charge in [0.25, 0.3) is 0 Å². The third-order valence-corrected chi connectivity index (χ3v) is 6.18. The first kappa shape index (κ1) is 25.6. The van der Waals surface area contributed by atoms with Gasteiger partial charge in [0, 0.05) is 5.56 Å². The van der Waals surface area contributed by atoms with Crippen LogP contribution in [-0.4, -0.2) is 23.2 Å². The summed E-state index contributed by atoms with van der Waals surface area (Å²) in [5.74, 6) is 0.714. The molecule has 0 saturated carbocycles. The molecule has 1 heterocycles. The second kappa shape index (κ2) is 10.0. The summed E-state index contributed by atoms with van der Waals surface area (Å²) >= 11 is 1.37. The number of halogens is 3. The van der Waals surface area contributed by atoms with Crippen molar-refractivity contribution in [3.63, 3.8) is 0 Å². The third-order valence-electron chi connectivity index (χ3n) is 5.00. The van der Waals surface area contributed by atoms with Crippen molar-refractivity contribution < 1.29 is 32.2 Å². The SMILES string of the molecule is CCOC(=O)C(C)(C)Oc1ccc(OCc2sc(-c3ccc(C(F)(F)F)cc3)nc2C)cc1C. The highest BCUT2D eigenvalue weighted by atomic mass is 32.1. The van der Waals surface area contributed by atoms with Gasteiger partial charge in [-0.2, -0.15) is 13.2 Å². The second-order valence-corrected chi connectivity index (χ2v) is 9.24. The number of aromatic nitrogens is 1. The summed E-state index contributed by atoms with van der Waals surface area (Å²) < 4.78 is 55.2. The lowest BCUT2D eigenvalue weighted by atomic mass is 10.1. The number of carbonyl (C=O) groups excluding carboxylic acids is 1. The number of alkyl halides is 3. The van der Waals surface area contributed by atoms with Crippen molar-refractivity contribution in [1.29, 1.82) is 0 Å². The quantitative estimate of drug-likeness (QED) is 0.325. The molecule has 0 unspecified atom stereocenters. The largest absolute Gasteiger partial charge is 0.488 e. The van der Waals surface area contributed by atoms with E-state index in [0.717, 1.165) is 28.3 Å². The number of benzene rings is 2. The second-order valence-electron chi connectivity index (χ2n) is 8.15. The average Bonchev–Trinajstić information content (AvgIpc) is 3.14. The fourth-order valence-corrected chi connectivity index (χ4v) is 4.06. The number of rotatable bonds is 8. The molecule has 0 N–H and O–H groups in total. The summed E-state index contributed by atoms with van der Waals surface area (Å²) in [5, 5.41) is 0.631. The Balaban J connectivity index is 1.67. The molecule has 9 heteroatoms. The van der Waals surface area contributed by atoms with Gasteiger partial charge in [0.15, 0.2) is 5.60 Å². The van der Waals surface area contributed by atoms with Crippen LogP contribution in [0.4, 0.5) is 13.2 Å². The van der Waals surface area contributed by atoms with E-state index in [4.69, 9.17) is 14.2 Å². The molecule has 0 aliphatic carbocycles. The van der Waals surface area contributed by atoms with Crippen LogP contribution in [0.5, 0.6) is 11.5 Å². The fourth-order valence-electron chi connectivity index (χ4n) is 3.08. The number of esters is 1. The Hall–Kier alpha value is -3.07. The Bertz CT molecular complexity index is 1150. The maximum atomic E-state index is 12.8. The molecule has 0 atom stereocenters. The van der Waals surface area contributed by atoms with Gasteiger partial charge in [-0.1, -0.05) is 12.1 Å². The first-order valence-electron chi connectivity index (χ1n) is 10.6. The van der Waals surface area contributed by atoms with Crippen LogP contribution in [0.15, 0.2) is 42.5 Å². The van der Waals surface area contributed by atoms with Crippen molar-refractivity contribution in [3.05, 3.63) is 64.2 Å². The predicted octanol–water partition coefficient (Wildman–Crippen LogP) is 6.75. The molecule has 0 aliphatic heterocycles. The molecular weight excluding hydrogens is 467 g/mol. The van der Waals surface area contributed by atoms with Crippen molar-refractivity contribution >= 4 is 17.3 Å². The normalized spacial score (nSPS) is 11.9. The third kappa shape index (κ3) is 6.08. The van der Waals surface area contributed by atoms with Gasteiger partial charge < -0.3 is 14.2 Å². The van der Waals surface area contributed by atoms with Crippen molar-refractivity contribution in [1.82, 2.24) is 4.98 Å². The first-order chi connectivity index (χ1) is 15.9. The molecule has 0 aliphatic rings. The van der Waals surface area contributed by atoms with Crippen LogP contribution < -0.4 is 9.47 Å². The van der Waals surface area contributed by atoms with Gasteiger partial charge in [-0.3, -0.25) is 0 Å². The minimum Gasteiger partial charge on any atom is -0.488 e. The number of hydrogen-bond acceptors (Lipinski definition) is 6. The van der Waals surface area contributed by atoms with E-state index in [-0.39, 0.29) is 13.2 Å². The lowest BCUT2D eigenvalue weighted by Crippen LogP contribution is -2.39. The molecule has 0 saturated heterocycles. The molecule has 3 aromatic rings. The van der Waals surface area contributed by atoms with E-state index in [2.05, 4.69) is 4.98 Å². The first-order valence-corrected chi connectivity index (χ1v) is 11.5. The molecule has 2 aromatic carbocycles. The van der Waals surface area contributed by atoms with Gasteiger partial charge in [0.1, 0.15) is 23.1 Å².